The normalized spacial score (nSPS) is 11.7. The lowest BCUT2D eigenvalue weighted by Crippen LogP contribution is -2.34. The van der Waals surface area contributed by atoms with Gasteiger partial charge in [0.25, 0.3) is 0 Å². The predicted octanol–water partition coefficient (Wildman–Crippen LogP) is 1.27. The van der Waals surface area contributed by atoms with E-state index >= 15 is 0 Å². The summed E-state index contributed by atoms with van der Waals surface area (Å²) in [4.78, 5) is 0. The molecule has 0 aliphatic heterocycles. The number of aliphatic hydroxyl groups is 2. The highest BCUT2D eigenvalue weighted by atomic mass is 16.7. The van der Waals surface area contributed by atoms with Gasteiger partial charge in [-0.2, -0.15) is 0 Å². The van der Waals surface area contributed by atoms with Crippen LogP contribution in [0.15, 0.2) is 30.3 Å². The van der Waals surface area contributed by atoms with Gasteiger partial charge in [-0.15, -0.1) is 0 Å². The van der Waals surface area contributed by atoms with Crippen molar-refractivity contribution in [3.8, 4) is 0 Å². The molecule has 1 rings (SSSR count). The van der Waals surface area contributed by atoms with Crippen molar-refractivity contribution in [3.05, 3.63) is 35.9 Å². The second kappa shape index (κ2) is 7.40. The van der Waals surface area contributed by atoms with Crippen LogP contribution in [0.2, 0.25) is 0 Å². The fourth-order valence-electron chi connectivity index (χ4n) is 1.73. The van der Waals surface area contributed by atoms with Crippen LogP contribution in [0.25, 0.3) is 0 Å². The minimum atomic E-state index is -0.882. The summed E-state index contributed by atoms with van der Waals surface area (Å²) in [6, 6.07) is 9.56. The zero-order chi connectivity index (χ0) is 12.6. The molecule has 4 heteroatoms. The van der Waals surface area contributed by atoms with E-state index in [1.54, 1.807) is 0 Å². The maximum atomic E-state index is 8.87. The van der Waals surface area contributed by atoms with E-state index in [9.17, 15) is 0 Å². The van der Waals surface area contributed by atoms with E-state index in [1.807, 2.05) is 37.3 Å². The summed E-state index contributed by atoms with van der Waals surface area (Å²) in [6.07, 6.45) is 0.608. The average Bonchev–Trinajstić information content (AvgIpc) is 2.41. The van der Waals surface area contributed by atoms with Crippen molar-refractivity contribution in [2.45, 2.75) is 19.1 Å². The Morgan fingerprint density at radius 3 is 1.94 bits per heavy atom. The molecule has 0 heterocycles. The van der Waals surface area contributed by atoms with Crippen molar-refractivity contribution in [1.82, 2.24) is 0 Å². The maximum absolute atomic E-state index is 8.87. The number of rotatable bonds is 8. The molecule has 2 N–H and O–H groups in total. The molecule has 1 aromatic carbocycles. The molecule has 0 saturated heterocycles. The van der Waals surface area contributed by atoms with Crippen LogP contribution in [0.4, 0.5) is 0 Å². The third-order valence-corrected chi connectivity index (χ3v) is 2.53. The monoisotopic (exact) mass is 240 g/mol. The van der Waals surface area contributed by atoms with Gasteiger partial charge in [-0.05, 0) is 0 Å². The Morgan fingerprint density at radius 1 is 1.00 bits per heavy atom. The molecule has 0 aromatic heterocycles. The van der Waals surface area contributed by atoms with E-state index in [0.717, 1.165) is 5.56 Å². The van der Waals surface area contributed by atoms with Crippen molar-refractivity contribution in [2.75, 3.05) is 26.4 Å². The fraction of sp³-hybridized carbons (Fsp3) is 0.538. The van der Waals surface area contributed by atoms with Gasteiger partial charge in [-0.3, -0.25) is 0 Å². The van der Waals surface area contributed by atoms with Gasteiger partial charge in [0.15, 0.2) is 5.79 Å². The molecular weight excluding hydrogens is 220 g/mol. The number of ether oxygens (including phenoxy) is 2. The van der Waals surface area contributed by atoms with Gasteiger partial charge in [0, 0.05) is 12.0 Å². The highest BCUT2D eigenvalue weighted by Crippen LogP contribution is 2.30. The Balaban J connectivity index is 2.89. The van der Waals surface area contributed by atoms with E-state index in [4.69, 9.17) is 19.7 Å². The summed E-state index contributed by atoms with van der Waals surface area (Å²) in [5.41, 5.74) is 0.893. The summed E-state index contributed by atoms with van der Waals surface area (Å²) in [6.45, 7) is 2.23. The van der Waals surface area contributed by atoms with Crippen LogP contribution in [-0.4, -0.2) is 36.6 Å². The molecule has 1 aromatic rings. The molecule has 0 saturated carbocycles. The second-order valence-electron chi connectivity index (χ2n) is 3.62. The number of hydrogen-bond acceptors (Lipinski definition) is 4. The van der Waals surface area contributed by atoms with Crippen LogP contribution in [0, 0.1) is 0 Å². The van der Waals surface area contributed by atoms with Gasteiger partial charge in [0.2, 0.25) is 0 Å². The lowest BCUT2D eigenvalue weighted by atomic mass is 10.0. The van der Waals surface area contributed by atoms with Gasteiger partial charge < -0.3 is 19.7 Å². The first-order valence-electron chi connectivity index (χ1n) is 5.84. The number of aliphatic hydroxyl groups excluding tert-OH is 2. The lowest BCUT2D eigenvalue weighted by Gasteiger charge is -2.33. The first-order valence-corrected chi connectivity index (χ1v) is 5.84. The van der Waals surface area contributed by atoms with Crippen LogP contribution in [0.5, 0.6) is 0 Å². The van der Waals surface area contributed by atoms with Crippen LogP contribution in [0.3, 0.4) is 0 Å². The number of hydrogen-bond donors (Lipinski definition) is 2. The van der Waals surface area contributed by atoms with Gasteiger partial charge in [-0.1, -0.05) is 37.3 Å². The van der Waals surface area contributed by atoms with Crippen molar-refractivity contribution < 1.29 is 19.7 Å². The standard InChI is InChI=1S/C13H20O4/c1-2-13(16-10-8-14,17-11-9-15)12-6-4-3-5-7-12/h3-7,14-15H,2,8-11H2,1H3. The summed E-state index contributed by atoms with van der Waals surface area (Å²) in [5.74, 6) is -0.882. The molecule has 0 bridgehead atoms. The van der Waals surface area contributed by atoms with Crippen LogP contribution >= 0.6 is 0 Å². The Kier molecular flexibility index (Phi) is 6.15. The van der Waals surface area contributed by atoms with E-state index in [2.05, 4.69) is 0 Å². The zero-order valence-corrected chi connectivity index (χ0v) is 10.1. The third kappa shape index (κ3) is 3.78. The zero-order valence-electron chi connectivity index (χ0n) is 10.1. The second-order valence-corrected chi connectivity index (χ2v) is 3.62. The molecule has 0 unspecified atom stereocenters. The fourth-order valence-corrected chi connectivity index (χ4v) is 1.73. The Morgan fingerprint density at radius 2 is 1.53 bits per heavy atom. The summed E-state index contributed by atoms with van der Waals surface area (Å²) >= 11 is 0. The Bertz CT molecular complexity index is 292. The highest BCUT2D eigenvalue weighted by Gasteiger charge is 2.32. The maximum Gasteiger partial charge on any atom is 0.194 e. The van der Waals surface area contributed by atoms with Gasteiger partial charge in [0.05, 0.1) is 26.4 Å². The molecule has 0 amide bonds. The SMILES string of the molecule is CCC(OCCO)(OCCO)c1ccccc1. The Labute approximate surface area is 102 Å². The van der Waals surface area contributed by atoms with Crippen molar-refractivity contribution in [2.24, 2.45) is 0 Å². The van der Waals surface area contributed by atoms with Crippen LogP contribution in [0.1, 0.15) is 18.9 Å². The van der Waals surface area contributed by atoms with E-state index in [0.29, 0.717) is 6.42 Å². The third-order valence-electron chi connectivity index (χ3n) is 2.53. The molecule has 0 aliphatic rings. The minimum Gasteiger partial charge on any atom is -0.394 e. The first kappa shape index (κ1) is 14.1. The molecule has 96 valence electrons. The van der Waals surface area contributed by atoms with Crippen molar-refractivity contribution in [3.63, 3.8) is 0 Å². The first-order chi connectivity index (χ1) is 8.29. The van der Waals surface area contributed by atoms with E-state index < -0.39 is 5.79 Å². The minimum absolute atomic E-state index is 0.0585. The van der Waals surface area contributed by atoms with Gasteiger partial charge >= 0.3 is 0 Å². The molecular formula is C13H20O4. The van der Waals surface area contributed by atoms with E-state index in [1.165, 1.54) is 0 Å². The molecule has 17 heavy (non-hydrogen) atoms. The average molecular weight is 240 g/mol. The summed E-state index contributed by atoms with van der Waals surface area (Å²) in [5, 5.41) is 17.7. The molecule has 0 spiro atoms. The Hall–Kier alpha value is -0.940. The molecule has 4 nitrogen and oxygen atoms in total. The van der Waals surface area contributed by atoms with Crippen LogP contribution in [-0.2, 0) is 15.3 Å². The molecule has 0 fully saturated rings. The van der Waals surface area contributed by atoms with Gasteiger partial charge in [0.1, 0.15) is 0 Å². The van der Waals surface area contributed by atoms with Crippen molar-refractivity contribution >= 4 is 0 Å². The summed E-state index contributed by atoms with van der Waals surface area (Å²) < 4.78 is 11.3. The molecule has 0 atom stereocenters. The smallest absolute Gasteiger partial charge is 0.194 e. The highest BCUT2D eigenvalue weighted by molar-refractivity contribution is 5.20. The predicted molar refractivity (Wildman–Crippen MR) is 64.5 cm³/mol. The largest absolute Gasteiger partial charge is 0.394 e. The quantitative estimate of drug-likeness (QED) is 0.672. The summed E-state index contributed by atoms with van der Waals surface area (Å²) in [7, 11) is 0. The molecule has 0 radical (unpaired) electrons. The lowest BCUT2D eigenvalue weighted by molar-refractivity contribution is -0.254. The van der Waals surface area contributed by atoms with Crippen molar-refractivity contribution in [1.29, 1.82) is 0 Å². The van der Waals surface area contributed by atoms with Crippen LogP contribution < -0.4 is 0 Å². The topological polar surface area (TPSA) is 58.9 Å². The van der Waals surface area contributed by atoms with Gasteiger partial charge in [-0.25, -0.2) is 0 Å². The molecule has 0 aliphatic carbocycles. The number of benzene rings is 1. The van der Waals surface area contributed by atoms with E-state index in [-0.39, 0.29) is 26.4 Å².